The molecule has 1 aromatic heterocycles. The number of rotatable bonds is 5. The minimum atomic E-state index is -3.59. The lowest BCUT2D eigenvalue weighted by atomic mass is 9.99. The molecule has 0 radical (unpaired) electrons. The van der Waals surface area contributed by atoms with Crippen LogP contribution in [0.1, 0.15) is 22.4 Å². The third kappa shape index (κ3) is 4.25. The molecule has 4 rings (SSSR count). The Morgan fingerprint density at radius 3 is 2.33 bits per heavy atom. The standard InChI is InChI=1S/C22H24ClN3O2S2/c1-16-6-5-7-17(2)19(16)14-18-15-29-22(24-18)25-10-12-26(13-11-25)30(27,28)21-9-4-3-8-20(21)23/h3-9,15H,10-14H2,1-2H3. The van der Waals surface area contributed by atoms with Crippen LogP contribution >= 0.6 is 22.9 Å². The Bertz CT molecular complexity index is 1130. The Morgan fingerprint density at radius 1 is 1.00 bits per heavy atom. The van der Waals surface area contributed by atoms with Gasteiger partial charge in [-0.2, -0.15) is 4.31 Å². The van der Waals surface area contributed by atoms with Crippen molar-refractivity contribution in [1.29, 1.82) is 0 Å². The maximum Gasteiger partial charge on any atom is 0.244 e. The van der Waals surface area contributed by atoms with Gasteiger partial charge in [-0.05, 0) is 42.7 Å². The van der Waals surface area contributed by atoms with Crippen LogP contribution in [0, 0.1) is 13.8 Å². The number of nitrogens with zero attached hydrogens (tertiary/aromatic N) is 3. The normalized spacial score (nSPS) is 15.5. The molecule has 1 aliphatic heterocycles. The van der Waals surface area contributed by atoms with Crippen LogP contribution < -0.4 is 4.90 Å². The van der Waals surface area contributed by atoms with E-state index < -0.39 is 10.0 Å². The van der Waals surface area contributed by atoms with Gasteiger partial charge in [0.05, 0.1) is 10.7 Å². The first kappa shape index (κ1) is 21.3. The Hall–Kier alpha value is -1.93. The molecule has 0 saturated carbocycles. The molecule has 30 heavy (non-hydrogen) atoms. The number of aromatic nitrogens is 1. The van der Waals surface area contributed by atoms with Crippen molar-refractivity contribution in [3.63, 3.8) is 0 Å². The van der Waals surface area contributed by atoms with Crippen LogP contribution in [0.15, 0.2) is 52.7 Å². The van der Waals surface area contributed by atoms with Crippen molar-refractivity contribution in [2.75, 3.05) is 31.1 Å². The lowest BCUT2D eigenvalue weighted by Crippen LogP contribution is -2.48. The number of piperazine rings is 1. The number of halogens is 1. The zero-order valence-corrected chi connectivity index (χ0v) is 19.4. The summed E-state index contributed by atoms with van der Waals surface area (Å²) in [6.07, 6.45) is 0.815. The third-order valence-corrected chi connectivity index (χ3v) is 8.85. The molecule has 0 aliphatic carbocycles. The van der Waals surface area contributed by atoms with E-state index >= 15 is 0 Å². The van der Waals surface area contributed by atoms with Crippen LogP contribution in [-0.4, -0.2) is 43.9 Å². The van der Waals surface area contributed by atoms with E-state index in [9.17, 15) is 8.42 Å². The van der Waals surface area contributed by atoms with Gasteiger partial charge in [-0.1, -0.05) is 41.9 Å². The maximum atomic E-state index is 12.9. The number of thiazole rings is 1. The second-order valence-corrected chi connectivity index (χ2v) is 10.6. The van der Waals surface area contributed by atoms with Gasteiger partial charge in [-0.15, -0.1) is 11.3 Å². The van der Waals surface area contributed by atoms with Gasteiger partial charge in [0.15, 0.2) is 5.13 Å². The topological polar surface area (TPSA) is 53.5 Å². The molecular formula is C22H24ClN3O2S2. The highest BCUT2D eigenvalue weighted by molar-refractivity contribution is 7.89. The largest absolute Gasteiger partial charge is 0.345 e. The van der Waals surface area contributed by atoms with E-state index in [1.54, 1.807) is 35.6 Å². The highest BCUT2D eigenvalue weighted by atomic mass is 35.5. The molecule has 3 aromatic rings. The summed E-state index contributed by atoms with van der Waals surface area (Å²) >= 11 is 7.74. The average Bonchev–Trinajstić information content (AvgIpc) is 3.20. The third-order valence-electron chi connectivity index (χ3n) is 5.51. The molecule has 158 valence electrons. The minimum Gasteiger partial charge on any atom is -0.345 e. The van der Waals surface area contributed by atoms with Crippen LogP contribution in [-0.2, 0) is 16.4 Å². The first-order chi connectivity index (χ1) is 14.4. The monoisotopic (exact) mass is 461 g/mol. The van der Waals surface area contributed by atoms with Gasteiger partial charge < -0.3 is 4.90 Å². The molecule has 0 atom stereocenters. The molecule has 0 N–H and O–H groups in total. The van der Waals surface area contributed by atoms with Crippen molar-refractivity contribution in [1.82, 2.24) is 9.29 Å². The van der Waals surface area contributed by atoms with Gasteiger partial charge in [-0.25, -0.2) is 13.4 Å². The van der Waals surface area contributed by atoms with E-state index in [1.807, 2.05) is 0 Å². The van der Waals surface area contributed by atoms with Crippen molar-refractivity contribution in [3.8, 4) is 0 Å². The van der Waals surface area contributed by atoms with E-state index in [-0.39, 0.29) is 9.92 Å². The first-order valence-electron chi connectivity index (χ1n) is 9.85. The lowest BCUT2D eigenvalue weighted by Gasteiger charge is -2.33. The van der Waals surface area contributed by atoms with E-state index in [0.29, 0.717) is 26.2 Å². The number of aryl methyl sites for hydroxylation is 2. The van der Waals surface area contributed by atoms with Crippen molar-refractivity contribution in [3.05, 3.63) is 75.3 Å². The fourth-order valence-corrected chi connectivity index (χ4v) is 6.54. The average molecular weight is 462 g/mol. The smallest absolute Gasteiger partial charge is 0.244 e. The summed E-state index contributed by atoms with van der Waals surface area (Å²) in [5.74, 6) is 0. The number of anilines is 1. The molecule has 5 nitrogen and oxygen atoms in total. The summed E-state index contributed by atoms with van der Waals surface area (Å²) in [6.45, 7) is 6.32. The molecule has 1 saturated heterocycles. The highest BCUT2D eigenvalue weighted by Gasteiger charge is 2.30. The number of hydrogen-bond donors (Lipinski definition) is 0. The summed E-state index contributed by atoms with van der Waals surface area (Å²) in [4.78, 5) is 7.16. The molecule has 1 aliphatic rings. The summed E-state index contributed by atoms with van der Waals surface area (Å²) in [7, 11) is -3.59. The van der Waals surface area contributed by atoms with E-state index in [4.69, 9.17) is 16.6 Å². The van der Waals surface area contributed by atoms with Gasteiger partial charge in [0.25, 0.3) is 0 Å². The Labute approximate surface area is 187 Å². The molecule has 0 bridgehead atoms. The second kappa shape index (κ2) is 8.67. The zero-order valence-electron chi connectivity index (χ0n) is 17.0. The zero-order chi connectivity index (χ0) is 21.3. The first-order valence-corrected chi connectivity index (χ1v) is 12.5. The van der Waals surface area contributed by atoms with Crippen molar-refractivity contribution in [2.24, 2.45) is 0 Å². The van der Waals surface area contributed by atoms with Crippen molar-refractivity contribution < 1.29 is 8.42 Å². The predicted octanol–water partition coefficient (Wildman–Crippen LogP) is 4.52. The fourth-order valence-electron chi connectivity index (χ4n) is 3.74. The number of benzene rings is 2. The minimum absolute atomic E-state index is 0.172. The van der Waals surface area contributed by atoms with Crippen molar-refractivity contribution in [2.45, 2.75) is 25.2 Å². The van der Waals surface area contributed by atoms with E-state index in [2.05, 4.69) is 42.3 Å². The quantitative estimate of drug-likeness (QED) is 0.560. The summed E-state index contributed by atoms with van der Waals surface area (Å²) in [5, 5.41) is 3.32. The lowest BCUT2D eigenvalue weighted by molar-refractivity contribution is 0.384. The maximum absolute atomic E-state index is 12.9. The van der Waals surface area contributed by atoms with E-state index in [0.717, 1.165) is 17.2 Å². The highest BCUT2D eigenvalue weighted by Crippen LogP contribution is 2.28. The Morgan fingerprint density at radius 2 is 1.67 bits per heavy atom. The molecule has 0 spiro atoms. The fraction of sp³-hybridized carbons (Fsp3) is 0.318. The van der Waals surface area contributed by atoms with Crippen LogP contribution in [0.2, 0.25) is 5.02 Å². The molecule has 1 fully saturated rings. The number of sulfonamides is 1. The molecule has 0 unspecified atom stereocenters. The molecular weight excluding hydrogens is 438 g/mol. The summed E-state index contributed by atoms with van der Waals surface area (Å²) in [5.41, 5.74) is 4.94. The van der Waals surface area contributed by atoms with Crippen LogP contribution in [0.25, 0.3) is 0 Å². The van der Waals surface area contributed by atoms with Gasteiger partial charge >= 0.3 is 0 Å². The number of hydrogen-bond acceptors (Lipinski definition) is 5. The second-order valence-electron chi connectivity index (χ2n) is 7.49. The van der Waals surface area contributed by atoms with Gasteiger partial charge in [-0.3, -0.25) is 0 Å². The van der Waals surface area contributed by atoms with Crippen LogP contribution in [0.4, 0.5) is 5.13 Å². The van der Waals surface area contributed by atoms with Crippen LogP contribution in [0.3, 0.4) is 0 Å². The summed E-state index contributed by atoms with van der Waals surface area (Å²) < 4.78 is 27.4. The SMILES string of the molecule is Cc1cccc(C)c1Cc1csc(N2CCN(S(=O)(=O)c3ccccc3Cl)CC2)n1. The van der Waals surface area contributed by atoms with E-state index in [1.165, 1.54) is 21.0 Å². The van der Waals surface area contributed by atoms with Crippen molar-refractivity contribution >= 4 is 38.1 Å². The van der Waals surface area contributed by atoms with Crippen LogP contribution in [0.5, 0.6) is 0 Å². The van der Waals surface area contributed by atoms with Gasteiger partial charge in [0.2, 0.25) is 10.0 Å². The molecule has 2 heterocycles. The van der Waals surface area contributed by atoms with Gasteiger partial charge in [0.1, 0.15) is 4.90 Å². The Balaban J connectivity index is 1.43. The Kier molecular flexibility index (Phi) is 6.16. The molecule has 2 aromatic carbocycles. The van der Waals surface area contributed by atoms with Gasteiger partial charge in [0, 0.05) is 38.0 Å². The summed E-state index contributed by atoms with van der Waals surface area (Å²) in [6, 6.07) is 12.9. The predicted molar refractivity (Wildman–Crippen MR) is 123 cm³/mol. The molecule has 0 amide bonds. The molecule has 8 heteroatoms.